The summed E-state index contributed by atoms with van der Waals surface area (Å²) in [6, 6.07) is 15.1. The zero-order chi connectivity index (χ0) is 23.2. The van der Waals surface area contributed by atoms with Crippen molar-refractivity contribution in [3.63, 3.8) is 0 Å². The molecular formula is C25H28ClN3O4. The number of amides is 3. The van der Waals surface area contributed by atoms with Crippen LogP contribution in [0.4, 0.5) is 0 Å². The molecule has 2 aliphatic rings. The molecule has 0 saturated carbocycles. The number of piperidine rings is 1. The van der Waals surface area contributed by atoms with Crippen molar-refractivity contribution in [3.05, 3.63) is 70.7 Å². The van der Waals surface area contributed by atoms with Crippen LogP contribution in [-0.4, -0.2) is 73.0 Å². The van der Waals surface area contributed by atoms with E-state index in [0.29, 0.717) is 68.4 Å². The molecule has 0 unspecified atom stereocenters. The Morgan fingerprint density at radius 1 is 0.848 bits per heavy atom. The molecule has 0 aliphatic carbocycles. The Kier molecular flexibility index (Phi) is 7.62. The minimum Gasteiger partial charge on any atom is -0.378 e. The predicted octanol–water partition coefficient (Wildman–Crippen LogP) is 2.85. The summed E-state index contributed by atoms with van der Waals surface area (Å²) in [5, 5.41) is 3.58. The number of morpholine rings is 1. The van der Waals surface area contributed by atoms with Gasteiger partial charge < -0.3 is 19.9 Å². The number of nitrogens with zero attached hydrogens (tertiary/aromatic N) is 2. The van der Waals surface area contributed by atoms with Gasteiger partial charge in [0.15, 0.2) is 0 Å². The number of carbonyl (C=O) groups excluding carboxylic acids is 3. The van der Waals surface area contributed by atoms with E-state index in [-0.39, 0.29) is 23.6 Å². The van der Waals surface area contributed by atoms with Gasteiger partial charge in [-0.2, -0.15) is 0 Å². The molecule has 8 heteroatoms. The highest BCUT2D eigenvalue weighted by Gasteiger charge is 2.36. The van der Waals surface area contributed by atoms with Crippen LogP contribution in [0.5, 0.6) is 0 Å². The Bertz CT molecular complexity index is 969. The molecule has 2 aromatic carbocycles. The zero-order valence-corrected chi connectivity index (χ0v) is 19.2. The Morgan fingerprint density at radius 3 is 2.12 bits per heavy atom. The molecule has 2 saturated heterocycles. The first-order chi connectivity index (χ1) is 16.0. The van der Waals surface area contributed by atoms with Gasteiger partial charge in [0.25, 0.3) is 11.8 Å². The Morgan fingerprint density at radius 2 is 1.48 bits per heavy atom. The summed E-state index contributed by atoms with van der Waals surface area (Å²) in [6.07, 6.45) is 1.27. The summed E-state index contributed by atoms with van der Waals surface area (Å²) in [4.78, 5) is 42.7. The largest absolute Gasteiger partial charge is 0.378 e. The number of rotatable bonds is 5. The monoisotopic (exact) mass is 469 g/mol. The van der Waals surface area contributed by atoms with Gasteiger partial charge in [-0.3, -0.25) is 14.4 Å². The van der Waals surface area contributed by atoms with Crippen molar-refractivity contribution < 1.29 is 19.1 Å². The average molecular weight is 470 g/mol. The van der Waals surface area contributed by atoms with E-state index in [1.807, 2.05) is 6.07 Å². The second-order valence-corrected chi connectivity index (χ2v) is 8.83. The molecule has 2 heterocycles. The van der Waals surface area contributed by atoms with E-state index in [1.54, 1.807) is 58.3 Å². The van der Waals surface area contributed by atoms with Crippen molar-refractivity contribution in [1.82, 2.24) is 15.1 Å². The van der Waals surface area contributed by atoms with Crippen LogP contribution < -0.4 is 5.32 Å². The van der Waals surface area contributed by atoms with E-state index in [2.05, 4.69) is 5.32 Å². The summed E-state index contributed by atoms with van der Waals surface area (Å²) in [5.74, 6) is -0.441. The smallest absolute Gasteiger partial charge is 0.253 e. The van der Waals surface area contributed by atoms with E-state index >= 15 is 0 Å². The van der Waals surface area contributed by atoms with Gasteiger partial charge in [-0.05, 0) is 55.2 Å². The molecule has 1 atom stereocenters. The first-order valence-corrected chi connectivity index (χ1v) is 11.7. The topological polar surface area (TPSA) is 79.0 Å². The minimum atomic E-state index is -0.636. The molecular weight excluding hydrogens is 442 g/mol. The summed E-state index contributed by atoms with van der Waals surface area (Å²) in [6.45, 7) is 3.09. The summed E-state index contributed by atoms with van der Waals surface area (Å²) in [7, 11) is 0. The van der Waals surface area contributed by atoms with Crippen LogP contribution in [0.15, 0.2) is 54.6 Å². The van der Waals surface area contributed by atoms with Gasteiger partial charge in [0.05, 0.1) is 13.2 Å². The number of likely N-dealkylation sites (tertiary alicyclic amines) is 1. The molecule has 174 valence electrons. The standard InChI is InChI=1S/C25H28ClN3O4/c26-21-8-6-20(7-9-21)24(31)28-12-10-18(11-13-28)22(25(32)29-14-16-33-17-15-29)27-23(30)19-4-2-1-3-5-19/h1-9,18,22H,10-17H2,(H,27,30)/t22-/m0/s1. The third-order valence-electron chi connectivity index (χ3n) is 6.30. The van der Waals surface area contributed by atoms with Gasteiger partial charge in [0.1, 0.15) is 6.04 Å². The summed E-state index contributed by atoms with van der Waals surface area (Å²) in [5.41, 5.74) is 1.11. The van der Waals surface area contributed by atoms with Crippen LogP contribution in [0.3, 0.4) is 0 Å². The van der Waals surface area contributed by atoms with E-state index < -0.39 is 6.04 Å². The van der Waals surface area contributed by atoms with Crippen LogP contribution in [0.25, 0.3) is 0 Å². The molecule has 0 radical (unpaired) electrons. The third-order valence-corrected chi connectivity index (χ3v) is 6.55. The van der Waals surface area contributed by atoms with E-state index in [0.717, 1.165) is 0 Å². The Balaban J connectivity index is 1.45. The highest BCUT2D eigenvalue weighted by atomic mass is 35.5. The molecule has 1 N–H and O–H groups in total. The quantitative estimate of drug-likeness (QED) is 0.730. The maximum atomic E-state index is 13.4. The predicted molar refractivity (Wildman–Crippen MR) is 125 cm³/mol. The maximum absolute atomic E-state index is 13.4. The van der Waals surface area contributed by atoms with Crippen LogP contribution >= 0.6 is 11.6 Å². The fraction of sp³-hybridized carbons (Fsp3) is 0.400. The lowest BCUT2D eigenvalue weighted by molar-refractivity contribution is -0.139. The number of carbonyl (C=O) groups is 3. The molecule has 33 heavy (non-hydrogen) atoms. The lowest BCUT2D eigenvalue weighted by atomic mass is 9.87. The number of ether oxygens (including phenoxy) is 1. The fourth-order valence-corrected chi connectivity index (χ4v) is 4.51. The van der Waals surface area contributed by atoms with Crippen molar-refractivity contribution in [2.75, 3.05) is 39.4 Å². The molecule has 3 amide bonds. The van der Waals surface area contributed by atoms with Crippen molar-refractivity contribution in [3.8, 4) is 0 Å². The minimum absolute atomic E-state index is 0.0468. The number of hydrogen-bond acceptors (Lipinski definition) is 4. The maximum Gasteiger partial charge on any atom is 0.253 e. The third kappa shape index (κ3) is 5.72. The van der Waals surface area contributed by atoms with Gasteiger partial charge in [-0.25, -0.2) is 0 Å². The highest BCUT2D eigenvalue weighted by Crippen LogP contribution is 2.24. The number of nitrogens with one attached hydrogen (secondary N) is 1. The van der Waals surface area contributed by atoms with Gasteiger partial charge in [0, 0.05) is 42.3 Å². The van der Waals surface area contributed by atoms with E-state index in [9.17, 15) is 14.4 Å². The van der Waals surface area contributed by atoms with Crippen LogP contribution in [0.2, 0.25) is 5.02 Å². The molecule has 0 aromatic heterocycles. The van der Waals surface area contributed by atoms with E-state index in [4.69, 9.17) is 16.3 Å². The second kappa shape index (κ2) is 10.8. The van der Waals surface area contributed by atoms with Crippen molar-refractivity contribution in [2.24, 2.45) is 5.92 Å². The average Bonchev–Trinajstić information content (AvgIpc) is 2.88. The zero-order valence-electron chi connectivity index (χ0n) is 18.4. The van der Waals surface area contributed by atoms with Crippen molar-refractivity contribution in [2.45, 2.75) is 18.9 Å². The molecule has 7 nitrogen and oxygen atoms in total. The lowest BCUT2D eigenvalue weighted by Crippen LogP contribution is -2.56. The van der Waals surface area contributed by atoms with Gasteiger partial charge in [-0.15, -0.1) is 0 Å². The first-order valence-electron chi connectivity index (χ1n) is 11.3. The highest BCUT2D eigenvalue weighted by molar-refractivity contribution is 6.30. The first kappa shape index (κ1) is 23.3. The summed E-state index contributed by atoms with van der Waals surface area (Å²) >= 11 is 5.93. The normalized spacial score (nSPS) is 18.0. The van der Waals surface area contributed by atoms with Crippen LogP contribution in [-0.2, 0) is 9.53 Å². The molecule has 4 rings (SSSR count). The van der Waals surface area contributed by atoms with E-state index in [1.165, 1.54) is 0 Å². The second-order valence-electron chi connectivity index (χ2n) is 8.39. The van der Waals surface area contributed by atoms with Crippen molar-refractivity contribution in [1.29, 1.82) is 0 Å². The number of hydrogen-bond donors (Lipinski definition) is 1. The SMILES string of the molecule is O=C(N[C@H](C(=O)N1CCOCC1)C1CCN(C(=O)c2ccc(Cl)cc2)CC1)c1ccccc1. The number of halogens is 1. The molecule has 0 bridgehead atoms. The molecule has 0 spiro atoms. The Labute approximate surface area is 198 Å². The molecule has 2 fully saturated rings. The molecule has 2 aliphatic heterocycles. The van der Waals surface area contributed by atoms with Gasteiger partial charge >= 0.3 is 0 Å². The van der Waals surface area contributed by atoms with Gasteiger partial charge in [0.2, 0.25) is 5.91 Å². The lowest BCUT2D eigenvalue weighted by Gasteiger charge is -2.38. The van der Waals surface area contributed by atoms with Crippen LogP contribution in [0.1, 0.15) is 33.6 Å². The molecule has 2 aromatic rings. The fourth-order valence-electron chi connectivity index (χ4n) is 4.39. The Hall–Kier alpha value is -2.90. The van der Waals surface area contributed by atoms with Crippen LogP contribution in [0, 0.1) is 5.92 Å². The van der Waals surface area contributed by atoms with Crippen molar-refractivity contribution >= 4 is 29.3 Å². The van der Waals surface area contributed by atoms with Gasteiger partial charge in [-0.1, -0.05) is 29.8 Å². The number of benzene rings is 2. The summed E-state index contributed by atoms with van der Waals surface area (Å²) < 4.78 is 5.38.